The molecule has 7 heteroatoms. The van der Waals surface area contributed by atoms with Crippen molar-refractivity contribution in [3.63, 3.8) is 0 Å². The maximum Gasteiger partial charge on any atom is 0.246 e. The van der Waals surface area contributed by atoms with Gasteiger partial charge in [-0.25, -0.2) is 4.98 Å². The Morgan fingerprint density at radius 1 is 1.15 bits per heavy atom. The van der Waals surface area contributed by atoms with Crippen LogP contribution < -0.4 is 10.1 Å². The molecule has 7 nitrogen and oxygen atoms in total. The van der Waals surface area contributed by atoms with Crippen molar-refractivity contribution in [3.05, 3.63) is 60.8 Å². The normalized spacial score (nSPS) is 13.1. The number of carbonyl (C=O) groups excluding carboxylic acids is 2. The second-order valence-corrected chi connectivity index (χ2v) is 9.02. The quantitative estimate of drug-likeness (QED) is 0.466. The highest BCUT2D eigenvalue weighted by Crippen LogP contribution is 2.29. The van der Waals surface area contributed by atoms with Gasteiger partial charge in [0.2, 0.25) is 17.8 Å². The number of hydrogen-bond donors (Lipinski definition) is 1. The maximum absolute atomic E-state index is 13.1. The average Bonchev–Trinajstić information content (AvgIpc) is 3.57. The van der Waals surface area contributed by atoms with E-state index < -0.39 is 0 Å². The number of carbonyl (C=O) groups is 2. The van der Waals surface area contributed by atoms with E-state index in [-0.39, 0.29) is 30.3 Å². The molecule has 1 aliphatic rings. The molecule has 34 heavy (non-hydrogen) atoms. The van der Waals surface area contributed by atoms with Gasteiger partial charge in [0.25, 0.3) is 0 Å². The number of hydrogen-bond acceptors (Lipinski definition) is 4. The van der Waals surface area contributed by atoms with Gasteiger partial charge in [-0.2, -0.15) is 0 Å². The molecule has 1 fully saturated rings. The van der Waals surface area contributed by atoms with E-state index in [0.717, 1.165) is 35.5 Å². The molecular formula is C27H32N4O3. The topological polar surface area (TPSA) is 76.5 Å². The summed E-state index contributed by atoms with van der Waals surface area (Å²) in [6, 6.07) is 17.7. The predicted octanol–water partition coefficient (Wildman–Crippen LogP) is 4.91. The summed E-state index contributed by atoms with van der Waals surface area (Å²) < 4.78 is 7.51. The van der Waals surface area contributed by atoms with E-state index in [0.29, 0.717) is 19.0 Å². The number of nitrogens with zero attached hydrogens (tertiary/aromatic N) is 3. The second-order valence-electron chi connectivity index (χ2n) is 9.02. The molecule has 0 radical (unpaired) electrons. The lowest BCUT2D eigenvalue weighted by Gasteiger charge is -2.22. The van der Waals surface area contributed by atoms with Crippen LogP contribution in [0, 0.1) is 5.92 Å². The third-order valence-corrected chi connectivity index (χ3v) is 5.64. The molecule has 0 aliphatic heterocycles. The van der Waals surface area contributed by atoms with Crippen molar-refractivity contribution < 1.29 is 14.3 Å². The largest absolute Gasteiger partial charge is 0.494 e. The predicted molar refractivity (Wildman–Crippen MR) is 133 cm³/mol. The van der Waals surface area contributed by atoms with Gasteiger partial charge >= 0.3 is 0 Å². The van der Waals surface area contributed by atoms with E-state index in [9.17, 15) is 9.59 Å². The summed E-state index contributed by atoms with van der Waals surface area (Å²) in [6.45, 7) is 6.56. The Morgan fingerprint density at radius 3 is 2.59 bits per heavy atom. The van der Waals surface area contributed by atoms with E-state index in [4.69, 9.17) is 9.72 Å². The van der Waals surface area contributed by atoms with Gasteiger partial charge in [-0.15, -0.1) is 0 Å². The molecule has 2 amide bonds. The number of nitrogens with one attached hydrogen (secondary N) is 1. The van der Waals surface area contributed by atoms with Gasteiger partial charge in [-0.3, -0.25) is 19.5 Å². The molecule has 0 saturated heterocycles. The molecule has 178 valence electrons. The average molecular weight is 461 g/mol. The summed E-state index contributed by atoms with van der Waals surface area (Å²) in [7, 11) is 0. The highest BCUT2D eigenvalue weighted by atomic mass is 16.5. The SMILES string of the molecule is CCOc1cccc(-n2cc(-c3ccccc3)nc2NC(=O)CN(C(=O)CC(C)C)C2CC2)c1. The molecule has 1 N–H and O–H groups in total. The van der Waals surface area contributed by atoms with Gasteiger partial charge in [-0.1, -0.05) is 50.2 Å². The molecule has 0 spiro atoms. The Kier molecular flexibility index (Phi) is 7.30. The van der Waals surface area contributed by atoms with Crippen LogP contribution in [0.3, 0.4) is 0 Å². The molecule has 3 aromatic rings. The van der Waals surface area contributed by atoms with Crippen LogP contribution in [0.15, 0.2) is 60.8 Å². The van der Waals surface area contributed by atoms with Gasteiger partial charge in [-0.05, 0) is 37.8 Å². The third-order valence-electron chi connectivity index (χ3n) is 5.64. The number of amides is 2. The zero-order valence-electron chi connectivity index (χ0n) is 20.0. The molecular weight excluding hydrogens is 428 g/mol. The van der Waals surface area contributed by atoms with Crippen molar-refractivity contribution in [1.82, 2.24) is 14.5 Å². The van der Waals surface area contributed by atoms with Crippen LogP contribution in [-0.2, 0) is 9.59 Å². The van der Waals surface area contributed by atoms with E-state index >= 15 is 0 Å². The van der Waals surface area contributed by atoms with Crippen LogP contribution in [0.25, 0.3) is 16.9 Å². The third kappa shape index (κ3) is 5.84. The van der Waals surface area contributed by atoms with Crippen LogP contribution >= 0.6 is 0 Å². The van der Waals surface area contributed by atoms with Gasteiger partial charge in [0.05, 0.1) is 18.0 Å². The first-order valence-electron chi connectivity index (χ1n) is 11.9. The molecule has 1 aromatic heterocycles. The highest BCUT2D eigenvalue weighted by Gasteiger charge is 2.34. The lowest BCUT2D eigenvalue weighted by molar-refractivity contribution is -0.135. The van der Waals surface area contributed by atoms with Crippen molar-refractivity contribution in [3.8, 4) is 22.7 Å². The Balaban J connectivity index is 1.61. The smallest absolute Gasteiger partial charge is 0.246 e. The van der Waals surface area contributed by atoms with Crippen molar-refractivity contribution in [2.45, 2.75) is 46.1 Å². The fourth-order valence-corrected chi connectivity index (χ4v) is 3.90. The molecule has 0 bridgehead atoms. The number of ether oxygens (including phenoxy) is 1. The molecule has 1 aliphatic carbocycles. The Hall–Kier alpha value is -3.61. The minimum Gasteiger partial charge on any atom is -0.494 e. The van der Waals surface area contributed by atoms with E-state index in [1.807, 2.05) is 86.1 Å². The zero-order chi connectivity index (χ0) is 24.1. The van der Waals surface area contributed by atoms with Crippen LogP contribution in [0.5, 0.6) is 5.75 Å². The lowest BCUT2D eigenvalue weighted by atomic mass is 10.1. The Bertz CT molecular complexity index is 1140. The molecule has 4 rings (SSSR count). The summed E-state index contributed by atoms with van der Waals surface area (Å²) in [5.74, 6) is 1.18. The number of aromatic nitrogens is 2. The van der Waals surface area contributed by atoms with Crippen LogP contribution in [0.2, 0.25) is 0 Å². The van der Waals surface area contributed by atoms with Gasteiger partial charge < -0.3 is 9.64 Å². The number of benzene rings is 2. The number of rotatable bonds is 10. The fourth-order valence-electron chi connectivity index (χ4n) is 3.90. The summed E-state index contributed by atoms with van der Waals surface area (Å²) in [6.07, 6.45) is 4.25. The standard InChI is InChI=1S/C27H32N4O3/c1-4-34-23-12-8-11-22(16-23)31-17-24(20-9-6-5-7-10-20)28-27(31)29-25(32)18-30(21-13-14-21)26(33)15-19(2)3/h5-12,16-17,19,21H,4,13-15,18H2,1-3H3,(H,28,29,32). The molecule has 0 atom stereocenters. The van der Waals surface area contributed by atoms with E-state index in [2.05, 4.69) is 5.32 Å². The van der Waals surface area contributed by atoms with Gasteiger partial charge in [0.1, 0.15) is 12.3 Å². The number of anilines is 1. The van der Waals surface area contributed by atoms with E-state index in [1.165, 1.54) is 0 Å². The molecule has 0 unspecified atom stereocenters. The first kappa shape index (κ1) is 23.5. The fraction of sp³-hybridized carbons (Fsp3) is 0.370. The summed E-state index contributed by atoms with van der Waals surface area (Å²) in [5.41, 5.74) is 2.52. The highest BCUT2D eigenvalue weighted by molar-refractivity contribution is 5.94. The summed E-state index contributed by atoms with van der Waals surface area (Å²) in [5, 5.41) is 2.95. The maximum atomic E-state index is 13.1. The Labute approximate surface area is 200 Å². The van der Waals surface area contributed by atoms with Crippen molar-refractivity contribution in [2.24, 2.45) is 5.92 Å². The first-order valence-corrected chi connectivity index (χ1v) is 11.9. The summed E-state index contributed by atoms with van der Waals surface area (Å²) in [4.78, 5) is 32.2. The van der Waals surface area contributed by atoms with Gasteiger partial charge in [0.15, 0.2) is 0 Å². The van der Waals surface area contributed by atoms with Gasteiger partial charge in [0, 0.05) is 30.3 Å². The minimum absolute atomic E-state index is 0.0305. The first-order chi connectivity index (χ1) is 16.4. The number of imidazole rings is 1. The monoisotopic (exact) mass is 460 g/mol. The van der Waals surface area contributed by atoms with Crippen molar-refractivity contribution in [1.29, 1.82) is 0 Å². The molecule has 1 heterocycles. The molecule has 2 aromatic carbocycles. The van der Waals surface area contributed by atoms with Crippen molar-refractivity contribution in [2.75, 3.05) is 18.5 Å². The molecule has 1 saturated carbocycles. The lowest BCUT2D eigenvalue weighted by Crippen LogP contribution is -2.40. The second kappa shape index (κ2) is 10.5. The summed E-state index contributed by atoms with van der Waals surface area (Å²) >= 11 is 0. The van der Waals surface area contributed by atoms with Crippen molar-refractivity contribution >= 4 is 17.8 Å². The minimum atomic E-state index is -0.253. The van der Waals surface area contributed by atoms with Crippen LogP contribution in [0.1, 0.15) is 40.0 Å². The van der Waals surface area contributed by atoms with E-state index in [1.54, 1.807) is 4.90 Å². The van der Waals surface area contributed by atoms with Crippen LogP contribution in [-0.4, -0.2) is 45.5 Å². The zero-order valence-corrected chi connectivity index (χ0v) is 20.0. The Morgan fingerprint density at radius 2 is 1.91 bits per heavy atom. The van der Waals surface area contributed by atoms with Crippen LogP contribution in [0.4, 0.5) is 5.95 Å².